The molecule has 1 heterocycles. The van der Waals surface area contributed by atoms with Gasteiger partial charge in [0.2, 0.25) is 15.7 Å². The lowest BCUT2D eigenvalue weighted by Crippen LogP contribution is -2.35. The molecule has 0 aliphatic carbocycles. The molecule has 0 unspecified atom stereocenters. The van der Waals surface area contributed by atoms with E-state index < -0.39 is 16.1 Å². The van der Waals surface area contributed by atoms with E-state index in [-0.39, 0.29) is 28.8 Å². The highest BCUT2D eigenvalue weighted by molar-refractivity contribution is 7.91. The molecule has 0 aliphatic heterocycles. The number of para-hydroxylation sites is 1. The van der Waals surface area contributed by atoms with Crippen molar-refractivity contribution in [1.29, 1.82) is 0 Å². The fraction of sp³-hybridized carbons (Fsp3) is 0.250. The van der Waals surface area contributed by atoms with Gasteiger partial charge in [0.15, 0.2) is 6.29 Å². The van der Waals surface area contributed by atoms with Crippen molar-refractivity contribution >= 4 is 38.2 Å². The van der Waals surface area contributed by atoms with Crippen molar-refractivity contribution in [3.8, 4) is 0 Å². The largest absolute Gasteiger partial charge is 0.354 e. The third-order valence-corrected chi connectivity index (χ3v) is 6.52. The Bertz CT molecular complexity index is 1110. The second-order valence-corrected chi connectivity index (χ2v) is 8.66. The molecule has 1 aromatic heterocycles. The maximum absolute atomic E-state index is 13.2. The normalized spacial score (nSPS) is 11.9. The van der Waals surface area contributed by atoms with Crippen LogP contribution in [-0.4, -0.2) is 45.9 Å². The number of nitrogens with zero attached hydrogens (tertiary/aromatic N) is 1. The highest BCUT2D eigenvalue weighted by Crippen LogP contribution is 2.30. The summed E-state index contributed by atoms with van der Waals surface area (Å²) in [5.41, 5.74) is 0.644. The number of benzene rings is 2. The summed E-state index contributed by atoms with van der Waals surface area (Å²) in [6, 6.07) is 13.0. The van der Waals surface area contributed by atoms with Gasteiger partial charge < -0.3 is 19.4 Å². The van der Waals surface area contributed by atoms with Crippen molar-refractivity contribution in [1.82, 2.24) is 9.88 Å². The lowest BCUT2D eigenvalue weighted by atomic mass is 10.2. The van der Waals surface area contributed by atoms with Crippen LogP contribution < -0.4 is 5.32 Å². The van der Waals surface area contributed by atoms with Gasteiger partial charge in [-0.2, -0.15) is 0 Å². The molecule has 3 rings (SSSR count). The molecule has 1 amide bonds. The van der Waals surface area contributed by atoms with Crippen LogP contribution in [0.1, 0.15) is 0 Å². The van der Waals surface area contributed by atoms with Gasteiger partial charge >= 0.3 is 0 Å². The number of amides is 1. The van der Waals surface area contributed by atoms with Crippen LogP contribution in [0, 0.1) is 0 Å². The topological polar surface area (TPSA) is 86.6 Å². The van der Waals surface area contributed by atoms with E-state index in [9.17, 15) is 13.2 Å². The molecule has 2 aromatic carbocycles. The maximum atomic E-state index is 13.2. The van der Waals surface area contributed by atoms with Crippen LogP contribution in [0.15, 0.2) is 64.5 Å². The maximum Gasteiger partial charge on any atom is 0.240 e. The van der Waals surface area contributed by atoms with Crippen molar-refractivity contribution in [2.75, 3.05) is 20.8 Å². The average Bonchev–Trinajstić information content (AvgIpc) is 3.08. The third kappa shape index (κ3) is 4.62. The summed E-state index contributed by atoms with van der Waals surface area (Å²) >= 11 is 5.88. The van der Waals surface area contributed by atoms with E-state index in [1.165, 1.54) is 44.7 Å². The number of methoxy groups -OCH3 is 2. The number of sulfone groups is 1. The van der Waals surface area contributed by atoms with Gasteiger partial charge in [0.25, 0.3) is 0 Å². The minimum Gasteiger partial charge on any atom is -0.354 e. The molecule has 0 aliphatic rings. The van der Waals surface area contributed by atoms with Gasteiger partial charge in [-0.3, -0.25) is 4.79 Å². The molecule has 29 heavy (non-hydrogen) atoms. The molecule has 0 saturated heterocycles. The minimum atomic E-state index is -3.78. The van der Waals surface area contributed by atoms with Crippen LogP contribution in [0.5, 0.6) is 0 Å². The van der Waals surface area contributed by atoms with Gasteiger partial charge in [0.1, 0.15) is 6.54 Å². The molecule has 154 valence electrons. The standard InChI is InChI=1S/C20H21ClN2O5S/c1-27-20(28-2)11-22-19(24)13-23-12-18(16-5-3-4-6-17(16)23)29(25,26)15-9-7-14(21)8-10-15/h3-10,12,20H,11,13H2,1-2H3,(H,22,24). The number of fused-ring (bicyclic) bond motifs is 1. The minimum absolute atomic E-state index is 0.0448. The lowest BCUT2D eigenvalue weighted by Gasteiger charge is -2.14. The number of hydrogen-bond acceptors (Lipinski definition) is 5. The Morgan fingerprint density at radius 1 is 1.10 bits per heavy atom. The van der Waals surface area contributed by atoms with Crippen LogP contribution in [0.3, 0.4) is 0 Å². The summed E-state index contributed by atoms with van der Waals surface area (Å²) in [5.74, 6) is -0.291. The molecule has 0 radical (unpaired) electrons. The first kappa shape index (κ1) is 21.3. The van der Waals surface area contributed by atoms with Crippen molar-refractivity contribution in [2.45, 2.75) is 22.6 Å². The van der Waals surface area contributed by atoms with E-state index in [1.54, 1.807) is 28.8 Å². The highest BCUT2D eigenvalue weighted by atomic mass is 35.5. The molecule has 9 heteroatoms. The zero-order valence-electron chi connectivity index (χ0n) is 16.0. The van der Waals surface area contributed by atoms with Gasteiger partial charge in [0, 0.05) is 36.3 Å². The first-order chi connectivity index (χ1) is 13.9. The molecule has 3 aromatic rings. The van der Waals surface area contributed by atoms with Crippen LogP contribution in [0.4, 0.5) is 0 Å². The smallest absolute Gasteiger partial charge is 0.240 e. The Labute approximate surface area is 174 Å². The van der Waals surface area contributed by atoms with Crippen molar-refractivity contribution < 1.29 is 22.7 Å². The fourth-order valence-electron chi connectivity index (χ4n) is 2.97. The number of hydrogen-bond donors (Lipinski definition) is 1. The zero-order valence-corrected chi connectivity index (χ0v) is 17.5. The molecule has 1 N–H and O–H groups in total. The van der Waals surface area contributed by atoms with Crippen LogP contribution in [-0.2, 0) is 30.7 Å². The van der Waals surface area contributed by atoms with Crippen molar-refractivity contribution in [3.05, 3.63) is 59.8 Å². The molecule has 0 saturated carbocycles. The second-order valence-electron chi connectivity index (χ2n) is 6.30. The molecule has 0 bridgehead atoms. The Hall–Kier alpha value is -2.39. The molecular formula is C20H21ClN2O5S. The summed E-state index contributed by atoms with van der Waals surface area (Å²) in [5, 5.41) is 3.71. The zero-order chi connectivity index (χ0) is 21.0. The van der Waals surface area contributed by atoms with E-state index in [1.807, 2.05) is 0 Å². The predicted molar refractivity (Wildman–Crippen MR) is 110 cm³/mol. The predicted octanol–water partition coefficient (Wildman–Crippen LogP) is 2.86. The van der Waals surface area contributed by atoms with Gasteiger partial charge in [-0.05, 0) is 30.3 Å². The van der Waals surface area contributed by atoms with Crippen LogP contribution in [0.2, 0.25) is 5.02 Å². The van der Waals surface area contributed by atoms with E-state index in [0.29, 0.717) is 15.9 Å². The highest BCUT2D eigenvalue weighted by Gasteiger charge is 2.24. The Kier molecular flexibility index (Phi) is 6.59. The van der Waals surface area contributed by atoms with Crippen molar-refractivity contribution in [3.63, 3.8) is 0 Å². The number of aromatic nitrogens is 1. The number of halogens is 1. The monoisotopic (exact) mass is 436 g/mol. The third-order valence-electron chi connectivity index (χ3n) is 4.47. The SMILES string of the molecule is COC(CNC(=O)Cn1cc(S(=O)(=O)c2ccc(Cl)cc2)c2ccccc21)OC. The van der Waals surface area contributed by atoms with Gasteiger partial charge in [-0.15, -0.1) is 0 Å². The van der Waals surface area contributed by atoms with E-state index >= 15 is 0 Å². The summed E-state index contributed by atoms with van der Waals surface area (Å²) in [4.78, 5) is 12.6. The second kappa shape index (κ2) is 8.96. The molecule has 0 atom stereocenters. The number of carbonyl (C=O) groups excluding carboxylic acids is 1. The van der Waals surface area contributed by atoms with Crippen LogP contribution >= 0.6 is 11.6 Å². The quantitative estimate of drug-likeness (QED) is 0.549. The number of rotatable bonds is 8. The molecule has 0 spiro atoms. The Morgan fingerprint density at radius 2 is 1.76 bits per heavy atom. The van der Waals surface area contributed by atoms with Gasteiger partial charge in [-0.25, -0.2) is 8.42 Å². The van der Waals surface area contributed by atoms with Crippen molar-refractivity contribution in [2.24, 2.45) is 0 Å². The first-order valence-corrected chi connectivity index (χ1v) is 10.6. The summed E-state index contributed by atoms with van der Waals surface area (Å²) < 4.78 is 38.0. The molecule has 0 fully saturated rings. The van der Waals surface area contributed by atoms with Crippen LogP contribution in [0.25, 0.3) is 10.9 Å². The first-order valence-electron chi connectivity index (χ1n) is 8.77. The number of carbonyl (C=O) groups is 1. The fourth-order valence-corrected chi connectivity index (χ4v) is 4.57. The summed E-state index contributed by atoms with van der Waals surface area (Å²) in [7, 11) is -0.822. The average molecular weight is 437 g/mol. The van der Waals surface area contributed by atoms with E-state index in [2.05, 4.69) is 5.32 Å². The lowest BCUT2D eigenvalue weighted by molar-refractivity contribution is -0.127. The summed E-state index contributed by atoms with van der Waals surface area (Å²) in [6.45, 7) is 0.137. The van der Waals surface area contributed by atoms with Gasteiger partial charge in [-0.1, -0.05) is 29.8 Å². The number of nitrogens with one attached hydrogen (secondary N) is 1. The Morgan fingerprint density at radius 3 is 2.41 bits per heavy atom. The molecular weight excluding hydrogens is 416 g/mol. The molecule has 7 nitrogen and oxygen atoms in total. The van der Waals surface area contributed by atoms with E-state index in [0.717, 1.165) is 0 Å². The van der Waals surface area contributed by atoms with E-state index in [4.69, 9.17) is 21.1 Å². The summed E-state index contributed by atoms with van der Waals surface area (Å²) in [6.07, 6.45) is 0.930. The Balaban J connectivity index is 1.93. The number of ether oxygens (including phenoxy) is 2. The van der Waals surface area contributed by atoms with Gasteiger partial charge in [0.05, 0.1) is 16.3 Å².